The SMILES string of the molecule is Cc1ccc(S(=O)(=O)OCC2(C)CCS(O)(O)CC2)cc1. The predicted molar refractivity (Wildman–Crippen MR) is 84.2 cm³/mol. The molecule has 0 bridgehead atoms. The van der Waals surface area contributed by atoms with E-state index in [1.807, 2.05) is 13.8 Å². The molecule has 120 valence electrons. The molecule has 2 rings (SSSR count). The summed E-state index contributed by atoms with van der Waals surface area (Å²) in [6.45, 7) is 3.88. The van der Waals surface area contributed by atoms with Gasteiger partial charge in [0, 0.05) is 11.5 Å². The Morgan fingerprint density at radius 1 is 1.19 bits per heavy atom. The fraction of sp³-hybridized carbons (Fsp3) is 0.571. The molecule has 1 aliphatic rings. The van der Waals surface area contributed by atoms with E-state index in [0.29, 0.717) is 24.3 Å². The van der Waals surface area contributed by atoms with Crippen molar-refractivity contribution in [3.05, 3.63) is 29.8 Å². The van der Waals surface area contributed by atoms with Crippen LogP contribution in [0.3, 0.4) is 0 Å². The molecular formula is C14H22O5S2. The molecule has 0 aromatic heterocycles. The monoisotopic (exact) mass is 334 g/mol. The van der Waals surface area contributed by atoms with Crippen molar-refractivity contribution in [1.82, 2.24) is 0 Å². The lowest BCUT2D eigenvalue weighted by molar-refractivity contribution is 0.151. The van der Waals surface area contributed by atoms with Gasteiger partial charge in [-0.15, -0.1) is 0 Å². The van der Waals surface area contributed by atoms with Crippen LogP contribution in [0.1, 0.15) is 25.3 Å². The van der Waals surface area contributed by atoms with Crippen LogP contribution in [0.2, 0.25) is 0 Å². The number of hydrogen-bond donors (Lipinski definition) is 2. The third-order valence-electron chi connectivity index (χ3n) is 3.94. The molecule has 1 fully saturated rings. The van der Waals surface area contributed by atoms with Crippen molar-refractivity contribution < 1.29 is 21.7 Å². The third-order valence-corrected chi connectivity index (χ3v) is 6.93. The van der Waals surface area contributed by atoms with Gasteiger partial charge in [-0.2, -0.15) is 19.0 Å². The van der Waals surface area contributed by atoms with E-state index in [1.165, 1.54) is 12.1 Å². The number of rotatable bonds is 4. The van der Waals surface area contributed by atoms with Gasteiger partial charge < -0.3 is 0 Å². The normalized spacial score (nSPS) is 22.7. The Labute approximate surface area is 127 Å². The molecular weight excluding hydrogens is 312 g/mol. The molecule has 0 atom stereocenters. The van der Waals surface area contributed by atoms with Crippen molar-refractivity contribution in [2.24, 2.45) is 5.41 Å². The largest absolute Gasteiger partial charge is 0.299 e. The maximum Gasteiger partial charge on any atom is 0.296 e. The zero-order valence-electron chi connectivity index (χ0n) is 12.3. The quantitative estimate of drug-likeness (QED) is 0.826. The van der Waals surface area contributed by atoms with Gasteiger partial charge in [-0.1, -0.05) is 24.6 Å². The minimum absolute atomic E-state index is 0.0682. The first-order valence-corrected chi connectivity index (χ1v) is 10.1. The Bertz CT molecular complexity index is 582. The van der Waals surface area contributed by atoms with Crippen LogP contribution in [0.15, 0.2) is 29.2 Å². The molecule has 21 heavy (non-hydrogen) atoms. The van der Waals surface area contributed by atoms with Crippen LogP contribution in [0, 0.1) is 12.3 Å². The van der Waals surface area contributed by atoms with Gasteiger partial charge in [0.15, 0.2) is 0 Å². The van der Waals surface area contributed by atoms with Gasteiger partial charge in [0.25, 0.3) is 10.1 Å². The number of hydrogen-bond acceptors (Lipinski definition) is 5. The minimum Gasteiger partial charge on any atom is -0.299 e. The number of aryl methyl sites for hydroxylation is 1. The van der Waals surface area contributed by atoms with Crippen molar-refractivity contribution in [3.8, 4) is 0 Å². The van der Waals surface area contributed by atoms with E-state index in [1.54, 1.807) is 12.1 Å². The summed E-state index contributed by atoms with van der Waals surface area (Å²) >= 11 is 0. The van der Waals surface area contributed by atoms with Gasteiger partial charge in [0.05, 0.1) is 11.5 Å². The summed E-state index contributed by atoms with van der Waals surface area (Å²) in [5, 5.41) is 0. The van der Waals surface area contributed by atoms with Gasteiger partial charge in [0.1, 0.15) is 0 Å². The standard InChI is InChI=1S/C14H22O5S2/c1-12-3-5-13(6-4-12)21(17,18)19-11-14(2)7-9-20(15,16)10-8-14/h3-6,15-16H,7-11H2,1-2H3. The highest BCUT2D eigenvalue weighted by Gasteiger charge is 2.35. The molecule has 0 unspecified atom stereocenters. The smallest absolute Gasteiger partial charge is 0.296 e. The van der Waals surface area contributed by atoms with Gasteiger partial charge >= 0.3 is 0 Å². The van der Waals surface area contributed by atoms with E-state index in [-0.39, 0.29) is 16.9 Å². The molecule has 0 spiro atoms. The fourth-order valence-electron chi connectivity index (χ4n) is 2.18. The Balaban J connectivity index is 2.00. The second-order valence-electron chi connectivity index (χ2n) is 6.05. The van der Waals surface area contributed by atoms with Crippen molar-refractivity contribution in [1.29, 1.82) is 0 Å². The minimum atomic E-state index is -3.76. The highest BCUT2D eigenvalue weighted by atomic mass is 32.3. The zero-order valence-corrected chi connectivity index (χ0v) is 13.9. The predicted octanol–water partition coefficient (Wildman–Crippen LogP) is 3.25. The summed E-state index contributed by atoms with van der Waals surface area (Å²) in [4.78, 5) is 0.150. The van der Waals surface area contributed by atoms with Crippen LogP contribution >= 0.6 is 10.6 Å². The maximum atomic E-state index is 12.1. The van der Waals surface area contributed by atoms with Crippen LogP contribution in [0.25, 0.3) is 0 Å². The molecule has 0 aliphatic carbocycles. The highest BCUT2D eigenvalue weighted by molar-refractivity contribution is 8.24. The van der Waals surface area contributed by atoms with E-state index >= 15 is 0 Å². The molecule has 0 radical (unpaired) electrons. The molecule has 1 aromatic carbocycles. The Kier molecular flexibility index (Phi) is 4.70. The first-order chi connectivity index (χ1) is 9.62. The molecule has 0 saturated carbocycles. The van der Waals surface area contributed by atoms with E-state index in [2.05, 4.69) is 0 Å². The Hall–Kier alpha value is -0.600. The molecule has 1 aliphatic heterocycles. The van der Waals surface area contributed by atoms with Gasteiger partial charge in [-0.05, 0) is 37.3 Å². The molecule has 0 amide bonds. The second-order valence-corrected chi connectivity index (χ2v) is 10.1. The number of benzene rings is 1. The maximum absolute atomic E-state index is 12.1. The first kappa shape index (κ1) is 16.8. The highest BCUT2D eigenvalue weighted by Crippen LogP contribution is 2.50. The third kappa shape index (κ3) is 4.43. The zero-order chi connectivity index (χ0) is 15.7. The summed E-state index contributed by atoms with van der Waals surface area (Å²) in [6, 6.07) is 6.52. The van der Waals surface area contributed by atoms with Crippen molar-refractivity contribution >= 4 is 20.7 Å². The topological polar surface area (TPSA) is 83.8 Å². The lowest BCUT2D eigenvalue weighted by Crippen LogP contribution is -2.33. The van der Waals surface area contributed by atoms with E-state index in [4.69, 9.17) is 4.18 Å². The van der Waals surface area contributed by atoms with Crippen molar-refractivity contribution in [2.45, 2.75) is 31.6 Å². The van der Waals surface area contributed by atoms with E-state index in [0.717, 1.165) is 5.56 Å². The lowest BCUT2D eigenvalue weighted by Gasteiger charge is -2.44. The van der Waals surface area contributed by atoms with Crippen LogP contribution in [-0.4, -0.2) is 35.6 Å². The summed E-state index contributed by atoms with van der Waals surface area (Å²) in [7, 11) is -6.23. The average molecular weight is 334 g/mol. The molecule has 1 aromatic rings. The molecule has 1 heterocycles. The van der Waals surface area contributed by atoms with Crippen LogP contribution in [0.5, 0.6) is 0 Å². The van der Waals surface area contributed by atoms with Gasteiger partial charge in [-0.3, -0.25) is 13.3 Å². The van der Waals surface area contributed by atoms with Crippen LogP contribution in [0.4, 0.5) is 0 Å². The van der Waals surface area contributed by atoms with E-state index in [9.17, 15) is 17.5 Å². The first-order valence-electron chi connectivity index (χ1n) is 6.82. The van der Waals surface area contributed by atoms with Crippen molar-refractivity contribution in [2.75, 3.05) is 18.1 Å². The van der Waals surface area contributed by atoms with Crippen LogP contribution in [-0.2, 0) is 14.3 Å². The molecule has 1 saturated heterocycles. The summed E-state index contributed by atoms with van der Waals surface area (Å²) < 4.78 is 48.7. The van der Waals surface area contributed by atoms with Gasteiger partial charge in [-0.25, -0.2) is 0 Å². The fourth-order valence-corrected chi connectivity index (χ4v) is 5.07. The van der Waals surface area contributed by atoms with Crippen LogP contribution < -0.4 is 0 Å². The Morgan fingerprint density at radius 2 is 1.71 bits per heavy atom. The second kappa shape index (κ2) is 5.89. The summed E-state index contributed by atoms with van der Waals surface area (Å²) in [5.41, 5.74) is 0.651. The summed E-state index contributed by atoms with van der Waals surface area (Å²) in [5.74, 6) is 0.634. The lowest BCUT2D eigenvalue weighted by atomic mass is 9.85. The molecule has 2 N–H and O–H groups in total. The Morgan fingerprint density at radius 3 is 2.24 bits per heavy atom. The van der Waals surface area contributed by atoms with Crippen molar-refractivity contribution in [3.63, 3.8) is 0 Å². The van der Waals surface area contributed by atoms with E-state index < -0.39 is 20.7 Å². The molecule has 5 nitrogen and oxygen atoms in total. The van der Waals surface area contributed by atoms with Gasteiger partial charge in [0.2, 0.25) is 0 Å². The molecule has 7 heteroatoms. The average Bonchev–Trinajstić information content (AvgIpc) is 2.42. The summed E-state index contributed by atoms with van der Waals surface area (Å²) in [6.07, 6.45) is 1.11.